The Hall–Kier alpha value is -2.87. The summed E-state index contributed by atoms with van der Waals surface area (Å²) in [4.78, 5) is 16.7. The van der Waals surface area contributed by atoms with Crippen LogP contribution >= 0.6 is 0 Å². The van der Waals surface area contributed by atoms with E-state index in [0.717, 1.165) is 28.8 Å². The summed E-state index contributed by atoms with van der Waals surface area (Å²) < 4.78 is 23.5. The Bertz CT molecular complexity index is 1050. The van der Waals surface area contributed by atoms with Crippen LogP contribution in [-0.4, -0.2) is 33.6 Å². The van der Waals surface area contributed by atoms with Gasteiger partial charge in [0.2, 0.25) is 5.91 Å². The summed E-state index contributed by atoms with van der Waals surface area (Å²) in [5.41, 5.74) is 3.47. The van der Waals surface area contributed by atoms with E-state index in [9.17, 15) is 13.2 Å². The number of nitrogens with one attached hydrogen (secondary N) is 3. The number of nitrogens with zero attached hydrogens (tertiary/aromatic N) is 1. The molecular weight excluding hydrogens is 412 g/mol. The second-order valence-electron chi connectivity index (χ2n) is 7.65. The molecule has 0 saturated heterocycles. The molecular formula is C23H32N4O3S. The number of aliphatic imine (C=N–C) groups is 1. The molecule has 1 unspecified atom stereocenters. The minimum absolute atomic E-state index is 0.0160. The maximum atomic E-state index is 12.1. The van der Waals surface area contributed by atoms with Crippen LogP contribution < -0.4 is 16.0 Å². The van der Waals surface area contributed by atoms with Crippen molar-refractivity contribution in [3.63, 3.8) is 0 Å². The van der Waals surface area contributed by atoms with Gasteiger partial charge in [0.25, 0.3) is 0 Å². The summed E-state index contributed by atoms with van der Waals surface area (Å²) in [5.74, 6) is 0.612. The van der Waals surface area contributed by atoms with Gasteiger partial charge in [0, 0.05) is 38.0 Å². The van der Waals surface area contributed by atoms with Gasteiger partial charge in [-0.25, -0.2) is 8.42 Å². The average molecular weight is 445 g/mol. The molecule has 0 radical (unpaired) electrons. The van der Waals surface area contributed by atoms with E-state index in [1.807, 2.05) is 44.2 Å². The van der Waals surface area contributed by atoms with E-state index in [4.69, 9.17) is 0 Å². The Morgan fingerprint density at radius 2 is 1.71 bits per heavy atom. The number of sulfone groups is 1. The fraction of sp³-hybridized carbons (Fsp3) is 0.391. The number of guanidine groups is 1. The molecule has 0 heterocycles. The number of amides is 1. The molecule has 2 aromatic rings. The lowest BCUT2D eigenvalue weighted by atomic mass is 10.1. The lowest BCUT2D eigenvalue weighted by Gasteiger charge is -2.14. The topological polar surface area (TPSA) is 99.7 Å². The first-order valence-corrected chi connectivity index (χ1v) is 12.2. The van der Waals surface area contributed by atoms with Crippen LogP contribution in [0, 0.1) is 12.8 Å². The predicted molar refractivity (Wildman–Crippen MR) is 126 cm³/mol. The van der Waals surface area contributed by atoms with Crippen LogP contribution in [0.3, 0.4) is 0 Å². The lowest BCUT2D eigenvalue weighted by Crippen LogP contribution is -2.36. The normalized spacial score (nSPS) is 12.9. The molecule has 0 aliphatic heterocycles. The molecule has 0 saturated carbocycles. The molecule has 3 N–H and O–H groups in total. The van der Waals surface area contributed by atoms with Gasteiger partial charge in [-0.2, -0.15) is 0 Å². The van der Waals surface area contributed by atoms with Crippen LogP contribution in [0.25, 0.3) is 0 Å². The van der Waals surface area contributed by atoms with Crippen molar-refractivity contribution in [2.75, 3.05) is 18.6 Å². The fourth-order valence-electron chi connectivity index (χ4n) is 3.04. The van der Waals surface area contributed by atoms with Crippen molar-refractivity contribution in [3.05, 3.63) is 59.2 Å². The molecule has 0 spiro atoms. The minimum Gasteiger partial charge on any atom is -0.352 e. The Balaban J connectivity index is 1.94. The third-order valence-electron chi connectivity index (χ3n) is 5.04. The SMILES string of the molecule is CCC(C)C(=O)Nc1cccc(CNC(=NC)NCc2ccc(S(C)(=O)=O)c(C)c2)c1. The highest BCUT2D eigenvalue weighted by Gasteiger charge is 2.12. The molecule has 31 heavy (non-hydrogen) atoms. The van der Waals surface area contributed by atoms with Crippen LogP contribution in [0.5, 0.6) is 0 Å². The van der Waals surface area contributed by atoms with Crippen molar-refractivity contribution in [1.82, 2.24) is 10.6 Å². The molecule has 168 valence electrons. The van der Waals surface area contributed by atoms with Crippen molar-refractivity contribution in [2.45, 2.75) is 45.2 Å². The third-order valence-corrected chi connectivity index (χ3v) is 6.29. The zero-order valence-electron chi connectivity index (χ0n) is 18.8. The molecule has 0 bridgehead atoms. The minimum atomic E-state index is -3.23. The first-order valence-electron chi connectivity index (χ1n) is 10.3. The van der Waals surface area contributed by atoms with E-state index in [0.29, 0.717) is 23.9 Å². The Kier molecular flexibility index (Phi) is 8.62. The van der Waals surface area contributed by atoms with Crippen LogP contribution in [0.2, 0.25) is 0 Å². The van der Waals surface area contributed by atoms with Crippen molar-refractivity contribution in [3.8, 4) is 0 Å². The van der Waals surface area contributed by atoms with Crippen molar-refractivity contribution in [1.29, 1.82) is 0 Å². The highest BCUT2D eigenvalue weighted by atomic mass is 32.2. The highest BCUT2D eigenvalue weighted by molar-refractivity contribution is 7.90. The molecule has 0 aliphatic carbocycles. The molecule has 0 aromatic heterocycles. The van der Waals surface area contributed by atoms with Crippen LogP contribution in [0.4, 0.5) is 5.69 Å². The number of carbonyl (C=O) groups is 1. The second kappa shape index (κ2) is 10.9. The lowest BCUT2D eigenvalue weighted by molar-refractivity contribution is -0.119. The number of rotatable bonds is 8. The number of carbonyl (C=O) groups excluding carboxylic acids is 1. The third kappa shape index (κ3) is 7.40. The second-order valence-corrected chi connectivity index (χ2v) is 9.63. The van der Waals surface area contributed by atoms with Gasteiger partial charge in [-0.05, 0) is 48.2 Å². The van der Waals surface area contributed by atoms with Crippen molar-refractivity contribution < 1.29 is 13.2 Å². The summed E-state index contributed by atoms with van der Waals surface area (Å²) in [6.07, 6.45) is 2.01. The number of aryl methyl sites for hydroxylation is 1. The summed E-state index contributed by atoms with van der Waals surface area (Å²) >= 11 is 0. The monoisotopic (exact) mass is 444 g/mol. The zero-order chi connectivity index (χ0) is 23.0. The van der Waals surface area contributed by atoms with E-state index >= 15 is 0 Å². The first kappa shape index (κ1) is 24.4. The van der Waals surface area contributed by atoms with Gasteiger partial charge in [0.15, 0.2) is 15.8 Å². The molecule has 2 rings (SSSR count). The Labute approximate surface area is 185 Å². The van der Waals surface area contributed by atoms with E-state index in [2.05, 4.69) is 20.9 Å². The van der Waals surface area contributed by atoms with Crippen LogP contribution in [0.15, 0.2) is 52.4 Å². The van der Waals surface area contributed by atoms with E-state index < -0.39 is 9.84 Å². The average Bonchev–Trinajstić information content (AvgIpc) is 2.72. The highest BCUT2D eigenvalue weighted by Crippen LogP contribution is 2.16. The van der Waals surface area contributed by atoms with E-state index in [1.165, 1.54) is 6.26 Å². The smallest absolute Gasteiger partial charge is 0.227 e. The van der Waals surface area contributed by atoms with Gasteiger partial charge in [-0.3, -0.25) is 9.79 Å². The van der Waals surface area contributed by atoms with Gasteiger partial charge in [-0.1, -0.05) is 38.1 Å². The van der Waals surface area contributed by atoms with Gasteiger partial charge in [0.1, 0.15) is 0 Å². The molecule has 0 aliphatic rings. The number of hydrogen-bond donors (Lipinski definition) is 3. The Morgan fingerprint density at radius 1 is 1.06 bits per heavy atom. The summed E-state index contributed by atoms with van der Waals surface area (Å²) in [5, 5.41) is 9.43. The van der Waals surface area contributed by atoms with Crippen molar-refractivity contribution >= 4 is 27.4 Å². The summed E-state index contributed by atoms with van der Waals surface area (Å²) in [6.45, 7) is 6.74. The maximum Gasteiger partial charge on any atom is 0.227 e. The largest absolute Gasteiger partial charge is 0.352 e. The van der Waals surface area contributed by atoms with E-state index in [1.54, 1.807) is 26.1 Å². The molecule has 8 heteroatoms. The molecule has 0 fully saturated rings. The van der Waals surface area contributed by atoms with Gasteiger partial charge >= 0.3 is 0 Å². The van der Waals surface area contributed by atoms with Gasteiger partial charge < -0.3 is 16.0 Å². The molecule has 7 nitrogen and oxygen atoms in total. The quantitative estimate of drug-likeness (QED) is 0.429. The standard InChI is InChI=1S/C23H32N4O3S/c1-6-16(2)22(28)27-20-9-7-8-18(13-20)14-25-23(24-4)26-15-19-10-11-21(17(3)12-19)31(5,29)30/h7-13,16H,6,14-15H2,1-5H3,(H,27,28)(H2,24,25,26). The number of hydrogen-bond acceptors (Lipinski definition) is 4. The molecule has 1 atom stereocenters. The van der Waals surface area contributed by atoms with Gasteiger partial charge in [-0.15, -0.1) is 0 Å². The Morgan fingerprint density at radius 3 is 2.26 bits per heavy atom. The van der Waals surface area contributed by atoms with Crippen LogP contribution in [-0.2, 0) is 27.7 Å². The van der Waals surface area contributed by atoms with Crippen LogP contribution in [0.1, 0.15) is 37.0 Å². The van der Waals surface area contributed by atoms with E-state index in [-0.39, 0.29) is 11.8 Å². The number of anilines is 1. The molecule has 2 aromatic carbocycles. The number of benzene rings is 2. The maximum absolute atomic E-state index is 12.1. The zero-order valence-corrected chi connectivity index (χ0v) is 19.6. The molecule has 1 amide bonds. The first-order chi connectivity index (χ1) is 14.6. The predicted octanol–water partition coefficient (Wildman–Crippen LogP) is 3.25. The van der Waals surface area contributed by atoms with Gasteiger partial charge in [0.05, 0.1) is 4.90 Å². The van der Waals surface area contributed by atoms with Crippen molar-refractivity contribution in [2.24, 2.45) is 10.9 Å². The summed E-state index contributed by atoms with van der Waals surface area (Å²) in [6, 6.07) is 13.0. The summed E-state index contributed by atoms with van der Waals surface area (Å²) in [7, 11) is -1.54. The fourth-order valence-corrected chi connectivity index (χ4v) is 4.00.